The zero-order valence-corrected chi connectivity index (χ0v) is 9.89. The van der Waals surface area contributed by atoms with Crippen LogP contribution in [0.3, 0.4) is 0 Å². The molecule has 0 aliphatic carbocycles. The maximum Gasteiger partial charge on any atom is 0.0792 e. The van der Waals surface area contributed by atoms with Gasteiger partial charge in [-0.2, -0.15) is 11.8 Å². The third-order valence-corrected chi connectivity index (χ3v) is 3.65. The van der Waals surface area contributed by atoms with E-state index in [4.69, 9.17) is 10.5 Å². The molecule has 14 heavy (non-hydrogen) atoms. The van der Waals surface area contributed by atoms with Gasteiger partial charge in [-0.05, 0) is 25.3 Å². The van der Waals surface area contributed by atoms with Gasteiger partial charge in [0.15, 0.2) is 0 Å². The predicted octanol–water partition coefficient (Wildman–Crippen LogP) is 0.789. The van der Waals surface area contributed by atoms with Gasteiger partial charge < -0.3 is 10.5 Å². The summed E-state index contributed by atoms with van der Waals surface area (Å²) in [5, 5.41) is 0. The fourth-order valence-electron chi connectivity index (χ4n) is 1.57. The average Bonchev–Trinajstić information content (AvgIpc) is 2.25. The SMILES string of the molecule is CCN1CCOC(CSCCCN)C1. The lowest BCUT2D eigenvalue weighted by atomic mass is 10.3. The molecule has 1 aliphatic rings. The summed E-state index contributed by atoms with van der Waals surface area (Å²) in [6, 6.07) is 0. The summed E-state index contributed by atoms with van der Waals surface area (Å²) in [7, 11) is 0. The third kappa shape index (κ3) is 4.64. The molecule has 1 heterocycles. The van der Waals surface area contributed by atoms with Crippen molar-refractivity contribution in [2.75, 3.05) is 44.3 Å². The van der Waals surface area contributed by atoms with Crippen molar-refractivity contribution in [3.05, 3.63) is 0 Å². The highest BCUT2D eigenvalue weighted by atomic mass is 32.2. The molecule has 0 amide bonds. The molecule has 1 aliphatic heterocycles. The van der Waals surface area contributed by atoms with E-state index in [2.05, 4.69) is 11.8 Å². The maximum atomic E-state index is 5.70. The molecule has 84 valence electrons. The molecule has 0 radical (unpaired) electrons. The Kier molecular flexibility index (Phi) is 6.60. The smallest absolute Gasteiger partial charge is 0.0792 e. The minimum Gasteiger partial charge on any atom is -0.375 e. The Balaban J connectivity index is 2.05. The van der Waals surface area contributed by atoms with Crippen LogP contribution in [0.5, 0.6) is 0 Å². The van der Waals surface area contributed by atoms with Crippen LogP contribution in [0.2, 0.25) is 0 Å². The van der Waals surface area contributed by atoms with Crippen molar-refractivity contribution >= 4 is 11.8 Å². The highest BCUT2D eigenvalue weighted by Crippen LogP contribution is 2.11. The second-order valence-electron chi connectivity index (χ2n) is 3.60. The van der Waals surface area contributed by atoms with E-state index < -0.39 is 0 Å². The van der Waals surface area contributed by atoms with E-state index in [1.54, 1.807) is 0 Å². The molecule has 0 aromatic heterocycles. The molecule has 3 nitrogen and oxygen atoms in total. The summed E-state index contributed by atoms with van der Waals surface area (Å²) in [6.45, 7) is 7.26. The van der Waals surface area contributed by atoms with Gasteiger partial charge in [0.2, 0.25) is 0 Å². The van der Waals surface area contributed by atoms with Crippen LogP contribution < -0.4 is 5.73 Å². The number of ether oxygens (including phenoxy) is 1. The molecule has 2 N–H and O–H groups in total. The first-order chi connectivity index (χ1) is 6.86. The lowest BCUT2D eigenvalue weighted by Gasteiger charge is -2.31. The van der Waals surface area contributed by atoms with Crippen molar-refractivity contribution in [2.45, 2.75) is 19.4 Å². The highest BCUT2D eigenvalue weighted by Gasteiger charge is 2.18. The van der Waals surface area contributed by atoms with E-state index in [9.17, 15) is 0 Å². The van der Waals surface area contributed by atoms with Crippen LogP contribution in [-0.2, 0) is 4.74 Å². The number of likely N-dealkylation sites (N-methyl/N-ethyl adjacent to an activating group) is 1. The summed E-state index contributed by atoms with van der Waals surface area (Å²) in [6.07, 6.45) is 1.56. The fourth-order valence-corrected chi connectivity index (χ4v) is 2.57. The Hall–Kier alpha value is 0.230. The van der Waals surface area contributed by atoms with Gasteiger partial charge in [-0.1, -0.05) is 6.92 Å². The second-order valence-corrected chi connectivity index (χ2v) is 4.75. The Labute approximate surface area is 91.4 Å². The predicted molar refractivity (Wildman–Crippen MR) is 62.9 cm³/mol. The van der Waals surface area contributed by atoms with E-state index in [1.807, 2.05) is 11.8 Å². The monoisotopic (exact) mass is 218 g/mol. The van der Waals surface area contributed by atoms with Gasteiger partial charge in [-0.3, -0.25) is 4.90 Å². The normalized spacial score (nSPS) is 24.0. The fraction of sp³-hybridized carbons (Fsp3) is 1.00. The van der Waals surface area contributed by atoms with Crippen molar-refractivity contribution in [2.24, 2.45) is 5.73 Å². The lowest BCUT2D eigenvalue weighted by molar-refractivity contribution is -0.0137. The van der Waals surface area contributed by atoms with Gasteiger partial charge >= 0.3 is 0 Å². The quantitative estimate of drug-likeness (QED) is 0.669. The van der Waals surface area contributed by atoms with E-state index in [1.165, 1.54) is 5.75 Å². The molecular formula is C10H22N2OS. The number of thioether (sulfide) groups is 1. The van der Waals surface area contributed by atoms with Crippen LogP contribution in [0.25, 0.3) is 0 Å². The number of nitrogens with two attached hydrogens (primary N) is 1. The van der Waals surface area contributed by atoms with Crippen LogP contribution in [0.4, 0.5) is 0 Å². The topological polar surface area (TPSA) is 38.5 Å². The molecule has 1 unspecified atom stereocenters. The largest absolute Gasteiger partial charge is 0.375 e. The summed E-state index contributed by atoms with van der Waals surface area (Å²) in [4.78, 5) is 2.46. The molecule has 0 saturated carbocycles. The molecule has 1 rings (SSSR count). The van der Waals surface area contributed by atoms with E-state index in [0.717, 1.165) is 45.0 Å². The first-order valence-electron chi connectivity index (χ1n) is 5.48. The molecule has 0 bridgehead atoms. The first-order valence-corrected chi connectivity index (χ1v) is 6.64. The van der Waals surface area contributed by atoms with Gasteiger partial charge in [-0.25, -0.2) is 0 Å². The molecule has 1 saturated heterocycles. The Bertz CT molecular complexity index is 146. The van der Waals surface area contributed by atoms with E-state index in [0.29, 0.717) is 6.10 Å². The number of morpholine rings is 1. The van der Waals surface area contributed by atoms with Gasteiger partial charge in [0, 0.05) is 18.8 Å². The van der Waals surface area contributed by atoms with Crippen molar-refractivity contribution < 1.29 is 4.74 Å². The molecule has 1 atom stereocenters. The molecule has 1 fully saturated rings. The van der Waals surface area contributed by atoms with Crippen LogP contribution in [0.15, 0.2) is 0 Å². The van der Waals surface area contributed by atoms with Gasteiger partial charge in [0.05, 0.1) is 12.7 Å². The summed E-state index contributed by atoms with van der Waals surface area (Å²) in [5.74, 6) is 2.29. The lowest BCUT2D eigenvalue weighted by Crippen LogP contribution is -2.43. The highest BCUT2D eigenvalue weighted by molar-refractivity contribution is 7.99. The van der Waals surface area contributed by atoms with E-state index in [-0.39, 0.29) is 0 Å². The Morgan fingerprint density at radius 3 is 3.14 bits per heavy atom. The minimum atomic E-state index is 0.437. The number of hydrogen-bond acceptors (Lipinski definition) is 4. The molecular weight excluding hydrogens is 196 g/mol. The molecule has 4 heteroatoms. The molecule has 0 spiro atoms. The molecule has 0 aromatic carbocycles. The van der Waals surface area contributed by atoms with E-state index >= 15 is 0 Å². The minimum absolute atomic E-state index is 0.437. The zero-order valence-electron chi connectivity index (χ0n) is 9.08. The average molecular weight is 218 g/mol. The number of nitrogens with zero attached hydrogens (tertiary/aromatic N) is 1. The van der Waals surface area contributed by atoms with Crippen molar-refractivity contribution in [1.29, 1.82) is 0 Å². The van der Waals surface area contributed by atoms with Crippen molar-refractivity contribution in [3.8, 4) is 0 Å². The van der Waals surface area contributed by atoms with Gasteiger partial charge in [0.1, 0.15) is 0 Å². The third-order valence-electron chi connectivity index (χ3n) is 2.47. The van der Waals surface area contributed by atoms with Crippen LogP contribution in [0.1, 0.15) is 13.3 Å². The summed E-state index contributed by atoms with van der Waals surface area (Å²) >= 11 is 1.97. The number of hydrogen-bond donors (Lipinski definition) is 1. The van der Waals surface area contributed by atoms with Crippen LogP contribution in [-0.4, -0.2) is 55.3 Å². The van der Waals surface area contributed by atoms with Gasteiger partial charge in [-0.15, -0.1) is 0 Å². The second kappa shape index (κ2) is 7.51. The maximum absolute atomic E-state index is 5.70. The summed E-state index contributed by atoms with van der Waals surface area (Å²) in [5.41, 5.74) is 5.44. The van der Waals surface area contributed by atoms with Crippen molar-refractivity contribution in [3.63, 3.8) is 0 Å². The van der Waals surface area contributed by atoms with Gasteiger partial charge in [0.25, 0.3) is 0 Å². The first kappa shape index (κ1) is 12.3. The number of rotatable bonds is 6. The summed E-state index contributed by atoms with van der Waals surface area (Å²) < 4.78 is 5.70. The standard InChI is InChI=1S/C10H22N2OS/c1-2-12-5-6-13-10(8-12)9-14-7-3-4-11/h10H,2-9,11H2,1H3. The van der Waals surface area contributed by atoms with Crippen molar-refractivity contribution in [1.82, 2.24) is 4.90 Å². The van der Waals surface area contributed by atoms with Crippen LogP contribution in [0, 0.1) is 0 Å². The zero-order chi connectivity index (χ0) is 10.2. The Morgan fingerprint density at radius 1 is 1.57 bits per heavy atom. The Morgan fingerprint density at radius 2 is 2.43 bits per heavy atom. The molecule has 0 aromatic rings. The van der Waals surface area contributed by atoms with Crippen LogP contribution >= 0.6 is 11.8 Å².